The molecule has 1 aromatic heterocycles. The van der Waals surface area contributed by atoms with Gasteiger partial charge in [-0.25, -0.2) is 14.7 Å². The largest absolute Gasteiger partial charge is 0.444 e. The Morgan fingerprint density at radius 3 is 2.74 bits per heavy atom. The molecule has 3 rings (SSSR count). The maximum atomic E-state index is 12.3. The van der Waals surface area contributed by atoms with Crippen LogP contribution in [0.25, 0.3) is 0 Å². The summed E-state index contributed by atoms with van der Waals surface area (Å²) in [6.45, 7) is 5.59. The summed E-state index contributed by atoms with van der Waals surface area (Å²) in [6.07, 6.45) is 5.08. The first-order valence-electron chi connectivity index (χ1n) is 10.8. The Morgan fingerprint density at radius 2 is 2.03 bits per heavy atom. The third-order valence-electron chi connectivity index (χ3n) is 5.68. The van der Waals surface area contributed by atoms with Crippen LogP contribution < -0.4 is 26.4 Å². The van der Waals surface area contributed by atoms with Gasteiger partial charge in [-0.2, -0.15) is 5.10 Å². The van der Waals surface area contributed by atoms with Crippen molar-refractivity contribution in [2.24, 2.45) is 5.92 Å². The minimum Gasteiger partial charge on any atom is -0.444 e. The Kier molecular flexibility index (Phi) is 8.00. The summed E-state index contributed by atoms with van der Waals surface area (Å²) in [5.74, 6) is 0.419. The molecule has 1 aliphatic carbocycles. The number of hydrogen-bond acceptors (Lipinski definition) is 6. The van der Waals surface area contributed by atoms with E-state index in [2.05, 4.69) is 26.1 Å². The highest BCUT2D eigenvalue weighted by atomic mass is 35.5. The van der Waals surface area contributed by atoms with E-state index >= 15 is 0 Å². The molecular weight excluding hydrogens is 424 g/mol. The fraction of sp³-hybridized carbons (Fsp3) is 0.700. The predicted octanol–water partition coefficient (Wildman–Crippen LogP) is 1.99. The van der Waals surface area contributed by atoms with Gasteiger partial charge >= 0.3 is 12.1 Å². The average molecular weight is 455 g/mol. The van der Waals surface area contributed by atoms with Gasteiger partial charge in [0.1, 0.15) is 11.1 Å². The van der Waals surface area contributed by atoms with Gasteiger partial charge < -0.3 is 25.6 Å². The second-order valence-electron chi connectivity index (χ2n) is 8.53. The zero-order chi connectivity index (χ0) is 22.4. The van der Waals surface area contributed by atoms with Crippen molar-refractivity contribution in [1.29, 1.82) is 0 Å². The lowest BCUT2D eigenvalue weighted by Gasteiger charge is -2.29. The minimum atomic E-state index is -0.437. The maximum Gasteiger partial charge on any atom is 0.407 e. The number of urea groups is 1. The lowest BCUT2D eigenvalue weighted by molar-refractivity contribution is 0.102. The number of hydrogen-bond donors (Lipinski definition) is 4. The monoisotopic (exact) mass is 454 g/mol. The van der Waals surface area contributed by atoms with Gasteiger partial charge in [0, 0.05) is 31.6 Å². The van der Waals surface area contributed by atoms with Crippen molar-refractivity contribution < 1.29 is 14.3 Å². The molecule has 31 heavy (non-hydrogen) atoms. The zero-order valence-corrected chi connectivity index (χ0v) is 18.7. The molecule has 2 fully saturated rings. The van der Waals surface area contributed by atoms with Crippen LogP contribution in [0.2, 0.25) is 5.02 Å². The van der Waals surface area contributed by atoms with E-state index in [0.717, 1.165) is 25.7 Å². The average Bonchev–Trinajstić information content (AvgIpc) is 3.17. The normalized spacial score (nSPS) is 23.5. The number of carbonyl (C=O) groups is 2. The summed E-state index contributed by atoms with van der Waals surface area (Å²) >= 11 is 6.06. The second-order valence-corrected chi connectivity index (χ2v) is 8.91. The predicted molar refractivity (Wildman–Crippen MR) is 118 cm³/mol. The highest BCUT2D eigenvalue weighted by Gasteiger charge is 2.29. The molecule has 2 aliphatic rings. The Bertz CT molecular complexity index is 824. The van der Waals surface area contributed by atoms with E-state index in [9.17, 15) is 14.4 Å². The van der Waals surface area contributed by atoms with Crippen LogP contribution in [0.3, 0.4) is 0 Å². The number of anilines is 1. The second kappa shape index (κ2) is 10.7. The molecule has 0 unspecified atom stereocenters. The fourth-order valence-electron chi connectivity index (χ4n) is 4.05. The molecule has 0 spiro atoms. The molecule has 0 aromatic carbocycles. The van der Waals surface area contributed by atoms with E-state index in [-0.39, 0.29) is 29.2 Å². The third-order valence-corrected chi connectivity index (χ3v) is 6.04. The number of aromatic amines is 1. The molecule has 1 saturated heterocycles. The Labute approximate surface area is 186 Å². The van der Waals surface area contributed by atoms with Gasteiger partial charge in [0.25, 0.3) is 5.56 Å². The number of amides is 3. The van der Waals surface area contributed by atoms with Crippen molar-refractivity contribution in [3.8, 4) is 0 Å². The molecule has 4 N–H and O–H groups in total. The quantitative estimate of drug-likeness (QED) is 0.520. The summed E-state index contributed by atoms with van der Waals surface area (Å²) in [4.78, 5) is 37.5. The molecule has 1 saturated carbocycles. The van der Waals surface area contributed by atoms with Gasteiger partial charge in [-0.1, -0.05) is 11.6 Å². The van der Waals surface area contributed by atoms with Crippen LogP contribution in [-0.4, -0.2) is 60.1 Å². The number of aromatic nitrogens is 2. The van der Waals surface area contributed by atoms with Crippen LogP contribution in [0, 0.1) is 5.92 Å². The number of nitrogens with zero attached hydrogens (tertiary/aromatic N) is 2. The highest BCUT2D eigenvalue weighted by Crippen LogP contribution is 2.26. The standard InChI is InChI=1S/C20H31ClN6O4/c1-12(2)24-19(29)22-9-13-3-5-14(6-4-13)25-20(30)31-15-7-8-27(11-15)16-10-23-26-18(28)17(16)21/h10,12-15H,3-9,11H2,1-2H3,(H,25,30)(H,26,28)(H2,22,24,29)/t13-,14-,15-/m1/s1. The molecule has 172 valence electrons. The third kappa shape index (κ3) is 6.75. The molecule has 1 aliphatic heterocycles. The molecule has 11 heteroatoms. The molecule has 0 radical (unpaired) electrons. The van der Waals surface area contributed by atoms with Gasteiger partial charge in [0.15, 0.2) is 0 Å². The van der Waals surface area contributed by atoms with Crippen LogP contribution in [-0.2, 0) is 4.74 Å². The number of nitrogens with one attached hydrogen (secondary N) is 4. The smallest absolute Gasteiger partial charge is 0.407 e. The number of rotatable bonds is 6. The van der Waals surface area contributed by atoms with Crippen molar-refractivity contribution in [3.05, 3.63) is 21.6 Å². The molecule has 3 amide bonds. The summed E-state index contributed by atoms with van der Waals surface area (Å²) in [6, 6.07) is 0.0561. The first-order valence-corrected chi connectivity index (χ1v) is 11.2. The van der Waals surface area contributed by atoms with Crippen molar-refractivity contribution >= 4 is 29.4 Å². The summed E-state index contributed by atoms with van der Waals surface area (Å²) in [5, 5.41) is 14.9. The van der Waals surface area contributed by atoms with Crippen molar-refractivity contribution in [1.82, 2.24) is 26.1 Å². The first-order chi connectivity index (χ1) is 14.8. The molecule has 1 aromatic rings. The number of alkyl carbamates (subject to hydrolysis) is 1. The summed E-state index contributed by atoms with van der Waals surface area (Å²) in [5.41, 5.74) is 0.110. The van der Waals surface area contributed by atoms with E-state index in [1.807, 2.05) is 18.7 Å². The molecular formula is C20H31ClN6O4. The first kappa shape index (κ1) is 23.2. The van der Waals surface area contributed by atoms with Gasteiger partial charge in [0.05, 0.1) is 18.4 Å². The van der Waals surface area contributed by atoms with Crippen molar-refractivity contribution in [2.45, 2.75) is 64.1 Å². The number of halogens is 1. The lowest BCUT2D eigenvalue weighted by Crippen LogP contribution is -2.44. The van der Waals surface area contributed by atoms with Gasteiger partial charge in [-0.15, -0.1) is 0 Å². The van der Waals surface area contributed by atoms with Crippen molar-refractivity contribution in [2.75, 3.05) is 24.5 Å². The zero-order valence-electron chi connectivity index (χ0n) is 17.9. The van der Waals surface area contributed by atoms with Crippen LogP contribution in [0.5, 0.6) is 0 Å². The Morgan fingerprint density at radius 1 is 1.29 bits per heavy atom. The molecule has 0 bridgehead atoms. The van der Waals surface area contributed by atoms with E-state index in [4.69, 9.17) is 16.3 Å². The fourth-order valence-corrected chi connectivity index (χ4v) is 4.26. The minimum absolute atomic E-state index is 0.0806. The van der Waals surface area contributed by atoms with E-state index < -0.39 is 11.7 Å². The van der Waals surface area contributed by atoms with E-state index in [1.165, 1.54) is 6.20 Å². The van der Waals surface area contributed by atoms with Crippen LogP contribution in [0.4, 0.5) is 15.3 Å². The summed E-state index contributed by atoms with van der Waals surface area (Å²) < 4.78 is 5.57. The van der Waals surface area contributed by atoms with E-state index in [0.29, 0.717) is 37.7 Å². The maximum absolute atomic E-state index is 12.3. The van der Waals surface area contributed by atoms with E-state index in [1.54, 1.807) is 0 Å². The van der Waals surface area contributed by atoms with Crippen LogP contribution in [0.15, 0.2) is 11.0 Å². The SMILES string of the molecule is CC(C)NC(=O)NC[C@H]1CC[C@H](NC(=O)O[C@@H]2CCN(c3cn[nH]c(=O)c3Cl)C2)CC1. The Balaban J connectivity index is 1.36. The lowest BCUT2D eigenvalue weighted by atomic mass is 9.86. The highest BCUT2D eigenvalue weighted by molar-refractivity contribution is 6.33. The van der Waals surface area contributed by atoms with Crippen LogP contribution >= 0.6 is 11.6 Å². The van der Waals surface area contributed by atoms with Crippen molar-refractivity contribution in [3.63, 3.8) is 0 Å². The molecule has 1 atom stereocenters. The number of ether oxygens (including phenoxy) is 1. The van der Waals surface area contributed by atoms with Gasteiger partial charge in [-0.3, -0.25) is 4.79 Å². The van der Waals surface area contributed by atoms with Crippen LogP contribution in [0.1, 0.15) is 46.0 Å². The number of H-pyrrole nitrogens is 1. The van der Waals surface area contributed by atoms with Gasteiger partial charge in [0.2, 0.25) is 0 Å². The summed E-state index contributed by atoms with van der Waals surface area (Å²) in [7, 11) is 0. The van der Waals surface area contributed by atoms with Gasteiger partial charge in [-0.05, 0) is 45.4 Å². The Hall–Kier alpha value is -2.49. The molecule has 2 heterocycles. The topological polar surface area (TPSA) is 128 Å². The molecule has 10 nitrogen and oxygen atoms in total. The number of carbonyl (C=O) groups excluding carboxylic acids is 2.